The Balaban J connectivity index is 1.83. The van der Waals surface area contributed by atoms with Crippen LogP contribution in [0.2, 0.25) is 0 Å². The largest absolute Gasteiger partial charge is 0.492 e. The monoisotopic (exact) mass is 372 g/mol. The number of sulfonamides is 1. The molecule has 2 aliphatic rings. The lowest BCUT2D eigenvalue weighted by Gasteiger charge is -2.16. The van der Waals surface area contributed by atoms with Crippen LogP contribution in [-0.4, -0.2) is 34.7 Å². The highest BCUT2D eigenvalue weighted by Gasteiger charge is 2.26. The first-order chi connectivity index (χ1) is 10.1. The molecule has 3 rings (SSSR count). The average Bonchev–Trinajstić information content (AvgIpc) is 2.93. The lowest BCUT2D eigenvalue weighted by atomic mass is 10.1. The number of ether oxygens (including phenoxy) is 1. The zero-order chi connectivity index (χ0) is 14.9. The Hall–Kier alpha value is -0.890. The summed E-state index contributed by atoms with van der Waals surface area (Å²) in [5, 5.41) is 3.21. The van der Waals surface area contributed by atoms with Crippen molar-refractivity contribution in [3.8, 4) is 5.75 Å². The summed E-state index contributed by atoms with van der Waals surface area (Å²) in [5.41, 5.74) is 2.05. The summed E-state index contributed by atoms with van der Waals surface area (Å²) >= 11 is 3.37. The van der Waals surface area contributed by atoms with Crippen molar-refractivity contribution in [2.45, 2.75) is 17.7 Å². The lowest BCUT2D eigenvalue weighted by molar-refractivity contribution is 0.348. The summed E-state index contributed by atoms with van der Waals surface area (Å²) in [5.74, 6) is 0.491. The summed E-state index contributed by atoms with van der Waals surface area (Å²) in [6, 6.07) is 3.51. The predicted octanol–water partition coefficient (Wildman–Crippen LogP) is 1.58. The van der Waals surface area contributed by atoms with Crippen molar-refractivity contribution in [1.29, 1.82) is 0 Å². The third-order valence-electron chi connectivity index (χ3n) is 3.65. The van der Waals surface area contributed by atoms with E-state index in [1.807, 2.05) is 12.1 Å². The van der Waals surface area contributed by atoms with Gasteiger partial charge in [-0.2, -0.15) is 0 Å². The molecule has 114 valence electrons. The van der Waals surface area contributed by atoms with E-state index in [-0.39, 0.29) is 4.90 Å². The van der Waals surface area contributed by atoms with Crippen LogP contribution in [-0.2, 0) is 16.4 Å². The number of halogens is 1. The predicted molar refractivity (Wildman–Crippen MR) is 84.1 cm³/mol. The van der Waals surface area contributed by atoms with Crippen LogP contribution in [0.5, 0.6) is 5.75 Å². The third kappa shape index (κ3) is 3.31. The Morgan fingerprint density at radius 2 is 2.19 bits per heavy atom. The molecule has 0 aliphatic carbocycles. The van der Waals surface area contributed by atoms with Crippen LogP contribution < -0.4 is 14.8 Å². The molecule has 0 amide bonds. The van der Waals surface area contributed by atoms with Crippen LogP contribution in [0.4, 0.5) is 0 Å². The number of hydrogen-bond acceptors (Lipinski definition) is 4. The Labute approximate surface area is 132 Å². The molecule has 0 saturated carbocycles. The average molecular weight is 373 g/mol. The van der Waals surface area contributed by atoms with Gasteiger partial charge in [0.25, 0.3) is 0 Å². The first-order valence-electron chi connectivity index (χ1n) is 6.90. The van der Waals surface area contributed by atoms with Gasteiger partial charge in [0.1, 0.15) is 10.6 Å². The summed E-state index contributed by atoms with van der Waals surface area (Å²) in [6.07, 6.45) is 3.65. The molecule has 0 fully saturated rings. The van der Waals surface area contributed by atoms with Crippen molar-refractivity contribution >= 4 is 26.0 Å². The Morgan fingerprint density at radius 1 is 1.33 bits per heavy atom. The smallest absolute Gasteiger partial charge is 0.244 e. The minimum absolute atomic E-state index is 0.221. The molecule has 0 unspecified atom stereocenters. The number of benzene rings is 1. The van der Waals surface area contributed by atoms with Crippen LogP contribution in [0.15, 0.2) is 33.2 Å². The van der Waals surface area contributed by atoms with Gasteiger partial charge >= 0.3 is 0 Å². The first-order valence-corrected chi connectivity index (χ1v) is 9.17. The van der Waals surface area contributed by atoms with Gasteiger partial charge in [0, 0.05) is 29.5 Å². The molecule has 0 radical (unpaired) electrons. The minimum atomic E-state index is -3.57. The lowest BCUT2D eigenvalue weighted by Crippen LogP contribution is -2.30. The van der Waals surface area contributed by atoms with E-state index in [1.165, 1.54) is 0 Å². The first kappa shape index (κ1) is 15.0. The molecule has 21 heavy (non-hydrogen) atoms. The van der Waals surface area contributed by atoms with Gasteiger partial charge in [-0.15, -0.1) is 0 Å². The molecule has 0 atom stereocenters. The Bertz CT molecular complexity index is 686. The maximum absolute atomic E-state index is 12.5. The van der Waals surface area contributed by atoms with Crippen LogP contribution in [0.3, 0.4) is 0 Å². The summed E-state index contributed by atoms with van der Waals surface area (Å²) in [4.78, 5) is 0.221. The zero-order valence-electron chi connectivity index (χ0n) is 11.5. The molecule has 1 aromatic carbocycles. The normalized spacial score (nSPS) is 18.0. The molecule has 0 spiro atoms. The van der Waals surface area contributed by atoms with Gasteiger partial charge in [-0.05, 0) is 25.1 Å². The van der Waals surface area contributed by atoms with Crippen molar-refractivity contribution in [3.63, 3.8) is 0 Å². The summed E-state index contributed by atoms with van der Waals surface area (Å²) < 4.78 is 34.0. The molecule has 0 bridgehead atoms. The highest BCUT2D eigenvalue weighted by molar-refractivity contribution is 9.10. The number of nitrogens with one attached hydrogen (secondary N) is 2. The second-order valence-electron chi connectivity index (χ2n) is 5.13. The van der Waals surface area contributed by atoms with E-state index in [2.05, 4.69) is 26.0 Å². The fraction of sp³-hybridized carbons (Fsp3) is 0.429. The van der Waals surface area contributed by atoms with E-state index in [1.54, 1.807) is 6.07 Å². The van der Waals surface area contributed by atoms with E-state index in [9.17, 15) is 8.42 Å². The van der Waals surface area contributed by atoms with Gasteiger partial charge in [-0.3, -0.25) is 0 Å². The van der Waals surface area contributed by atoms with E-state index in [4.69, 9.17) is 4.74 Å². The van der Waals surface area contributed by atoms with Gasteiger partial charge < -0.3 is 10.1 Å². The highest BCUT2D eigenvalue weighted by Crippen LogP contribution is 2.35. The maximum Gasteiger partial charge on any atom is 0.244 e. The standard InChI is InChI=1S/C14H17BrN2O3S/c15-12-7-11-3-6-20-14(11)13(8-12)21(18,19)17-9-10-1-4-16-5-2-10/h1,7-8,16-17H,2-6,9H2. The second kappa shape index (κ2) is 6.08. The highest BCUT2D eigenvalue weighted by atomic mass is 79.9. The SMILES string of the molecule is O=S(=O)(NCC1=CCNCC1)c1cc(Br)cc2c1OCC2. The van der Waals surface area contributed by atoms with Crippen LogP contribution in [0.1, 0.15) is 12.0 Å². The quantitative estimate of drug-likeness (QED) is 0.787. The molecular weight excluding hydrogens is 356 g/mol. The third-order valence-corrected chi connectivity index (χ3v) is 5.52. The Kier molecular flexibility index (Phi) is 4.35. The van der Waals surface area contributed by atoms with Crippen molar-refractivity contribution < 1.29 is 13.2 Å². The van der Waals surface area contributed by atoms with Crippen LogP contribution in [0, 0.1) is 0 Å². The van der Waals surface area contributed by atoms with Gasteiger partial charge in [-0.25, -0.2) is 13.1 Å². The molecule has 0 aromatic heterocycles. The molecule has 5 nitrogen and oxygen atoms in total. The van der Waals surface area contributed by atoms with Gasteiger partial charge in [0.2, 0.25) is 10.0 Å². The van der Waals surface area contributed by atoms with Crippen LogP contribution in [0.25, 0.3) is 0 Å². The molecule has 2 heterocycles. The maximum atomic E-state index is 12.5. The molecule has 1 aromatic rings. The van der Waals surface area contributed by atoms with E-state index < -0.39 is 10.0 Å². The van der Waals surface area contributed by atoms with Crippen molar-refractivity contribution in [2.75, 3.05) is 26.2 Å². The second-order valence-corrected chi connectivity index (χ2v) is 7.78. The van der Waals surface area contributed by atoms with Crippen molar-refractivity contribution in [2.24, 2.45) is 0 Å². The van der Waals surface area contributed by atoms with Crippen molar-refractivity contribution in [1.82, 2.24) is 10.0 Å². The van der Waals surface area contributed by atoms with E-state index in [0.29, 0.717) is 18.9 Å². The van der Waals surface area contributed by atoms with Gasteiger partial charge in [0.05, 0.1) is 6.61 Å². The molecule has 0 saturated heterocycles. The molecular formula is C14H17BrN2O3S. The molecule has 7 heteroatoms. The van der Waals surface area contributed by atoms with E-state index >= 15 is 0 Å². The minimum Gasteiger partial charge on any atom is -0.492 e. The number of hydrogen-bond donors (Lipinski definition) is 2. The fourth-order valence-electron chi connectivity index (χ4n) is 2.53. The molecule has 2 N–H and O–H groups in total. The number of rotatable bonds is 4. The topological polar surface area (TPSA) is 67.4 Å². The van der Waals surface area contributed by atoms with Crippen molar-refractivity contribution in [3.05, 3.63) is 33.8 Å². The van der Waals surface area contributed by atoms with Crippen LogP contribution >= 0.6 is 15.9 Å². The molecule has 2 aliphatic heterocycles. The summed E-state index contributed by atoms with van der Waals surface area (Å²) in [6.45, 7) is 2.58. The fourth-order valence-corrected chi connectivity index (χ4v) is 4.43. The van der Waals surface area contributed by atoms with Gasteiger partial charge in [-0.1, -0.05) is 27.6 Å². The number of fused-ring (bicyclic) bond motifs is 1. The zero-order valence-corrected chi connectivity index (χ0v) is 13.9. The van der Waals surface area contributed by atoms with Gasteiger partial charge in [0.15, 0.2) is 0 Å². The van der Waals surface area contributed by atoms with E-state index in [0.717, 1.165) is 41.5 Å². The summed E-state index contributed by atoms with van der Waals surface area (Å²) in [7, 11) is -3.57. The Morgan fingerprint density at radius 3 is 2.95 bits per heavy atom.